The summed E-state index contributed by atoms with van der Waals surface area (Å²) in [7, 11) is 0. The van der Waals surface area contributed by atoms with Gasteiger partial charge in [0.1, 0.15) is 5.76 Å². The van der Waals surface area contributed by atoms with Crippen molar-refractivity contribution in [2.75, 3.05) is 0 Å². The Morgan fingerprint density at radius 2 is 2.14 bits per heavy atom. The Morgan fingerprint density at radius 1 is 1.36 bits per heavy atom. The predicted molar refractivity (Wildman–Crippen MR) is 56.4 cm³/mol. The molecule has 2 rings (SSSR count). The number of furan rings is 1. The van der Waals surface area contributed by atoms with Crippen LogP contribution >= 0.6 is 11.3 Å². The molecule has 0 saturated carbocycles. The molecule has 2 aromatic heterocycles. The summed E-state index contributed by atoms with van der Waals surface area (Å²) < 4.78 is 5.22. The minimum Gasteiger partial charge on any atom is -0.466 e. The van der Waals surface area contributed by atoms with Gasteiger partial charge < -0.3 is 9.52 Å². The van der Waals surface area contributed by atoms with E-state index in [0.29, 0.717) is 5.76 Å². The van der Waals surface area contributed by atoms with Crippen LogP contribution in [0.4, 0.5) is 0 Å². The van der Waals surface area contributed by atoms with Crippen molar-refractivity contribution >= 4 is 11.3 Å². The lowest BCUT2D eigenvalue weighted by atomic mass is 10.0. The lowest BCUT2D eigenvalue weighted by Crippen LogP contribution is -2.20. The second kappa shape index (κ2) is 3.26. The monoisotopic (exact) mass is 208 g/mol. The van der Waals surface area contributed by atoms with Gasteiger partial charge in [-0.25, -0.2) is 0 Å². The Balaban J connectivity index is 2.42. The van der Waals surface area contributed by atoms with Crippen LogP contribution in [0.1, 0.15) is 22.4 Å². The molecule has 0 aliphatic carbocycles. The molecule has 0 aliphatic heterocycles. The van der Waals surface area contributed by atoms with E-state index in [0.717, 1.165) is 4.88 Å². The maximum atomic E-state index is 10.3. The highest BCUT2D eigenvalue weighted by molar-refractivity contribution is 7.12. The van der Waals surface area contributed by atoms with E-state index in [-0.39, 0.29) is 0 Å². The summed E-state index contributed by atoms with van der Waals surface area (Å²) in [6.07, 6.45) is 1.57. The number of aryl methyl sites for hydroxylation is 1. The van der Waals surface area contributed by atoms with Gasteiger partial charge in [0, 0.05) is 9.75 Å². The van der Waals surface area contributed by atoms with Gasteiger partial charge in [0.25, 0.3) is 0 Å². The molecule has 2 nitrogen and oxygen atoms in total. The molecule has 0 fully saturated rings. The van der Waals surface area contributed by atoms with E-state index in [1.165, 1.54) is 4.88 Å². The van der Waals surface area contributed by atoms with E-state index in [4.69, 9.17) is 4.42 Å². The topological polar surface area (TPSA) is 33.4 Å². The van der Waals surface area contributed by atoms with Crippen LogP contribution in [-0.2, 0) is 5.60 Å². The van der Waals surface area contributed by atoms with Crippen molar-refractivity contribution in [1.82, 2.24) is 0 Å². The van der Waals surface area contributed by atoms with E-state index in [9.17, 15) is 5.11 Å². The maximum absolute atomic E-state index is 10.3. The van der Waals surface area contributed by atoms with Crippen LogP contribution in [0.25, 0.3) is 0 Å². The number of thiophene rings is 1. The zero-order valence-electron chi connectivity index (χ0n) is 8.15. The Labute approximate surface area is 86.8 Å². The zero-order valence-corrected chi connectivity index (χ0v) is 8.97. The first kappa shape index (κ1) is 9.49. The van der Waals surface area contributed by atoms with Crippen LogP contribution in [0.5, 0.6) is 0 Å². The minimum atomic E-state index is -1.01. The summed E-state index contributed by atoms with van der Waals surface area (Å²) in [5, 5.41) is 10.3. The number of aliphatic hydroxyl groups is 1. The SMILES string of the molecule is Cc1ccc(C(C)(O)c2ccco2)s1. The quantitative estimate of drug-likeness (QED) is 0.823. The van der Waals surface area contributed by atoms with Crippen LogP contribution in [-0.4, -0.2) is 5.11 Å². The molecule has 0 aliphatic rings. The first-order valence-electron chi connectivity index (χ1n) is 4.44. The molecule has 0 saturated heterocycles. The van der Waals surface area contributed by atoms with Gasteiger partial charge in [0.2, 0.25) is 0 Å². The second-order valence-electron chi connectivity index (χ2n) is 3.46. The molecular weight excluding hydrogens is 196 g/mol. The predicted octanol–water partition coefficient (Wildman–Crippen LogP) is 2.91. The van der Waals surface area contributed by atoms with Crippen molar-refractivity contribution < 1.29 is 9.52 Å². The molecule has 2 heterocycles. The molecule has 74 valence electrons. The molecule has 0 aromatic carbocycles. The van der Waals surface area contributed by atoms with Gasteiger partial charge in [-0.3, -0.25) is 0 Å². The molecule has 0 radical (unpaired) electrons. The van der Waals surface area contributed by atoms with Crippen molar-refractivity contribution in [2.24, 2.45) is 0 Å². The van der Waals surface area contributed by atoms with Gasteiger partial charge in [0.05, 0.1) is 6.26 Å². The Kier molecular flexibility index (Phi) is 2.21. The largest absolute Gasteiger partial charge is 0.466 e. The lowest BCUT2D eigenvalue weighted by molar-refractivity contribution is 0.0804. The third-order valence-electron chi connectivity index (χ3n) is 2.22. The van der Waals surface area contributed by atoms with Gasteiger partial charge in [-0.15, -0.1) is 11.3 Å². The number of hydrogen-bond acceptors (Lipinski definition) is 3. The van der Waals surface area contributed by atoms with Crippen LogP contribution in [0, 0.1) is 6.92 Å². The molecule has 0 amide bonds. The van der Waals surface area contributed by atoms with Gasteiger partial charge in [-0.05, 0) is 38.1 Å². The molecule has 2 aromatic rings. The molecular formula is C11H12O2S. The minimum absolute atomic E-state index is 0.583. The van der Waals surface area contributed by atoms with Crippen molar-refractivity contribution in [3.8, 4) is 0 Å². The van der Waals surface area contributed by atoms with Crippen LogP contribution in [0.3, 0.4) is 0 Å². The van der Waals surface area contributed by atoms with Crippen molar-refractivity contribution in [3.63, 3.8) is 0 Å². The fourth-order valence-corrected chi connectivity index (χ4v) is 2.29. The normalized spacial score (nSPS) is 15.4. The molecule has 1 N–H and O–H groups in total. The number of hydrogen-bond donors (Lipinski definition) is 1. The first-order chi connectivity index (χ1) is 6.60. The van der Waals surface area contributed by atoms with Gasteiger partial charge in [-0.1, -0.05) is 0 Å². The molecule has 0 bridgehead atoms. The number of rotatable bonds is 2. The van der Waals surface area contributed by atoms with E-state index >= 15 is 0 Å². The third-order valence-corrected chi connectivity index (χ3v) is 3.43. The average Bonchev–Trinajstić information content (AvgIpc) is 2.72. The van der Waals surface area contributed by atoms with E-state index in [2.05, 4.69) is 0 Å². The fourth-order valence-electron chi connectivity index (χ4n) is 1.37. The smallest absolute Gasteiger partial charge is 0.153 e. The first-order valence-corrected chi connectivity index (χ1v) is 5.25. The molecule has 14 heavy (non-hydrogen) atoms. The average molecular weight is 208 g/mol. The van der Waals surface area contributed by atoms with Crippen LogP contribution in [0.2, 0.25) is 0 Å². The Morgan fingerprint density at radius 3 is 2.64 bits per heavy atom. The van der Waals surface area contributed by atoms with E-state index in [1.54, 1.807) is 36.7 Å². The van der Waals surface area contributed by atoms with Gasteiger partial charge in [0.15, 0.2) is 5.60 Å². The third kappa shape index (κ3) is 1.49. The van der Waals surface area contributed by atoms with Crippen molar-refractivity contribution in [3.05, 3.63) is 46.0 Å². The maximum Gasteiger partial charge on any atom is 0.153 e. The molecule has 1 unspecified atom stereocenters. The van der Waals surface area contributed by atoms with E-state index in [1.807, 2.05) is 19.1 Å². The standard InChI is InChI=1S/C11H12O2S/c1-8-5-6-10(14-8)11(2,12)9-4-3-7-13-9/h3-7,12H,1-2H3. The summed E-state index contributed by atoms with van der Waals surface area (Å²) in [5.41, 5.74) is -1.01. The Hall–Kier alpha value is -1.06. The van der Waals surface area contributed by atoms with Gasteiger partial charge in [-0.2, -0.15) is 0 Å². The summed E-state index contributed by atoms with van der Waals surface area (Å²) in [4.78, 5) is 2.09. The summed E-state index contributed by atoms with van der Waals surface area (Å²) in [6, 6.07) is 7.50. The molecule has 3 heteroatoms. The summed E-state index contributed by atoms with van der Waals surface area (Å²) >= 11 is 1.58. The van der Waals surface area contributed by atoms with Crippen LogP contribution in [0.15, 0.2) is 34.9 Å². The fraction of sp³-hybridized carbons (Fsp3) is 0.273. The second-order valence-corrected chi connectivity index (χ2v) is 4.75. The lowest BCUT2D eigenvalue weighted by Gasteiger charge is -2.18. The summed E-state index contributed by atoms with van der Waals surface area (Å²) in [6.45, 7) is 3.77. The highest BCUT2D eigenvalue weighted by atomic mass is 32.1. The van der Waals surface area contributed by atoms with Crippen LogP contribution < -0.4 is 0 Å². The van der Waals surface area contributed by atoms with E-state index < -0.39 is 5.60 Å². The zero-order chi connectivity index (χ0) is 10.2. The molecule has 0 spiro atoms. The van der Waals surface area contributed by atoms with Crippen molar-refractivity contribution in [2.45, 2.75) is 19.4 Å². The Bertz CT molecular complexity index is 412. The summed E-state index contributed by atoms with van der Waals surface area (Å²) in [5.74, 6) is 0.583. The van der Waals surface area contributed by atoms with Gasteiger partial charge >= 0.3 is 0 Å². The van der Waals surface area contributed by atoms with Crippen molar-refractivity contribution in [1.29, 1.82) is 0 Å². The molecule has 1 atom stereocenters. The highest BCUT2D eigenvalue weighted by Crippen LogP contribution is 2.33. The highest BCUT2D eigenvalue weighted by Gasteiger charge is 2.29.